The van der Waals surface area contributed by atoms with Crippen LogP contribution in [0.25, 0.3) is 0 Å². The van der Waals surface area contributed by atoms with Crippen molar-refractivity contribution in [1.82, 2.24) is 4.90 Å². The van der Waals surface area contributed by atoms with Crippen LogP contribution in [0.4, 0.5) is 5.69 Å². The van der Waals surface area contributed by atoms with Crippen LogP contribution in [0.15, 0.2) is 35.3 Å². The van der Waals surface area contributed by atoms with E-state index in [9.17, 15) is 0 Å². The number of benzene rings is 2. The first kappa shape index (κ1) is 18.6. The van der Waals surface area contributed by atoms with Crippen molar-refractivity contribution in [3.8, 4) is 11.5 Å². The lowest BCUT2D eigenvalue weighted by molar-refractivity contribution is 0.482. The second-order valence-electron chi connectivity index (χ2n) is 5.60. The summed E-state index contributed by atoms with van der Waals surface area (Å²) in [5.74, 6) is 1.33. The van der Waals surface area contributed by atoms with Crippen molar-refractivity contribution in [2.45, 2.75) is 27.2 Å². The number of aryl methyl sites for hydroxylation is 2. The summed E-state index contributed by atoms with van der Waals surface area (Å²) in [5.41, 5.74) is 2.88. The van der Waals surface area contributed by atoms with Crippen LogP contribution < -0.4 is 4.74 Å². The van der Waals surface area contributed by atoms with Crippen molar-refractivity contribution in [3.05, 3.63) is 51.5 Å². The summed E-state index contributed by atoms with van der Waals surface area (Å²) in [4.78, 5) is 6.47. The minimum Gasteiger partial charge on any atom is -0.456 e. The Balaban J connectivity index is 2.26. The Hall–Kier alpha value is -1.71. The summed E-state index contributed by atoms with van der Waals surface area (Å²) >= 11 is 12.5. The monoisotopic (exact) mass is 364 g/mol. The van der Waals surface area contributed by atoms with E-state index in [1.165, 1.54) is 0 Å². The summed E-state index contributed by atoms with van der Waals surface area (Å²) in [7, 11) is 1.98. The molecule has 0 aromatic heterocycles. The van der Waals surface area contributed by atoms with Crippen molar-refractivity contribution < 1.29 is 4.74 Å². The Kier molecular flexibility index (Phi) is 6.52. The fourth-order valence-corrected chi connectivity index (χ4v) is 2.56. The van der Waals surface area contributed by atoms with Crippen molar-refractivity contribution in [3.63, 3.8) is 0 Å². The molecule has 0 heterocycles. The van der Waals surface area contributed by atoms with E-state index in [1.54, 1.807) is 6.34 Å². The van der Waals surface area contributed by atoms with Crippen molar-refractivity contribution >= 4 is 35.2 Å². The molecule has 2 rings (SSSR count). The first-order valence-corrected chi connectivity index (χ1v) is 8.71. The Labute approximate surface area is 153 Å². The lowest BCUT2D eigenvalue weighted by Gasteiger charge is -2.12. The Morgan fingerprint density at radius 3 is 2.54 bits per heavy atom. The number of aliphatic imine (C=N–C) groups is 1. The molecule has 0 radical (unpaired) electrons. The van der Waals surface area contributed by atoms with E-state index in [1.807, 2.05) is 49.2 Å². The molecular weight excluding hydrogens is 343 g/mol. The van der Waals surface area contributed by atoms with E-state index in [-0.39, 0.29) is 0 Å². The van der Waals surface area contributed by atoms with Crippen molar-refractivity contribution in [2.24, 2.45) is 4.99 Å². The first-order chi connectivity index (χ1) is 11.4. The Morgan fingerprint density at radius 1 is 1.12 bits per heavy atom. The van der Waals surface area contributed by atoms with Crippen LogP contribution in [0.1, 0.15) is 25.0 Å². The number of nitrogens with zero attached hydrogens (tertiary/aromatic N) is 2. The van der Waals surface area contributed by atoms with Gasteiger partial charge in [-0.05, 0) is 61.7 Å². The van der Waals surface area contributed by atoms with Gasteiger partial charge < -0.3 is 9.64 Å². The van der Waals surface area contributed by atoms with Gasteiger partial charge in [-0.1, -0.05) is 30.1 Å². The molecule has 0 bridgehead atoms. The van der Waals surface area contributed by atoms with E-state index >= 15 is 0 Å². The van der Waals surface area contributed by atoms with Gasteiger partial charge in [-0.15, -0.1) is 0 Å². The predicted octanol–water partition coefficient (Wildman–Crippen LogP) is 6.27. The van der Waals surface area contributed by atoms with Crippen LogP contribution in [0, 0.1) is 6.92 Å². The molecule has 0 atom stereocenters. The van der Waals surface area contributed by atoms with E-state index in [2.05, 4.69) is 18.8 Å². The lowest BCUT2D eigenvalue weighted by Crippen LogP contribution is -2.14. The summed E-state index contributed by atoms with van der Waals surface area (Å²) in [6.07, 6.45) is 2.65. The Morgan fingerprint density at radius 2 is 1.88 bits per heavy atom. The molecule has 0 aliphatic heterocycles. The van der Waals surface area contributed by atoms with Gasteiger partial charge >= 0.3 is 0 Å². The van der Waals surface area contributed by atoms with Gasteiger partial charge in [0.2, 0.25) is 0 Å². The quantitative estimate of drug-likeness (QED) is 0.445. The molecule has 0 unspecified atom stereocenters. The molecule has 0 aliphatic carbocycles. The van der Waals surface area contributed by atoms with Crippen LogP contribution >= 0.6 is 23.2 Å². The van der Waals surface area contributed by atoms with Gasteiger partial charge in [0.25, 0.3) is 0 Å². The molecule has 24 heavy (non-hydrogen) atoms. The zero-order chi connectivity index (χ0) is 17.7. The summed E-state index contributed by atoms with van der Waals surface area (Å²) < 4.78 is 5.94. The SMILES string of the molecule is CCc1cc(Oc2cc(C)c(N=CN(C)CC)cc2Cl)ccc1Cl. The molecule has 0 fully saturated rings. The van der Waals surface area contributed by atoms with Gasteiger partial charge in [-0.3, -0.25) is 0 Å². The van der Waals surface area contributed by atoms with Gasteiger partial charge in [0.15, 0.2) is 0 Å². The van der Waals surface area contributed by atoms with Gasteiger partial charge in [0.05, 0.1) is 17.0 Å². The number of hydrogen-bond acceptors (Lipinski definition) is 2. The zero-order valence-corrected chi connectivity index (χ0v) is 15.9. The second kappa shape index (κ2) is 8.41. The molecule has 2 aromatic rings. The van der Waals surface area contributed by atoms with E-state index in [4.69, 9.17) is 27.9 Å². The van der Waals surface area contributed by atoms with Crippen molar-refractivity contribution in [2.75, 3.05) is 13.6 Å². The highest BCUT2D eigenvalue weighted by molar-refractivity contribution is 6.32. The fourth-order valence-electron chi connectivity index (χ4n) is 2.12. The van der Waals surface area contributed by atoms with Gasteiger partial charge in [0, 0.05) is 18.6 Å². The maximum atomic E-state index is 6.37. The predicted molar refractivity (Wildman–Crippen MR) is 104 cm³/mol. The third-order valence-electron chi connectivity index (χ3n) is 3.77. The number of halogens is 2. The average molecular weight is 365 g/mol. The highest BCUT2D eigenvalue weighted by Gasteiger charge is 2.09. The second-order valence-corrected chi connectivity index (χ2v) is 6.41. The van der Waals surface area contributed by atoms with E-state index < -0.39 is 0 Å². The molecule has 3 nitrogen and oxygen atoms in total. The molecule has 0 saturated heterocycles. The molecule has 0 spiro atoms. The molecular formula is C19H22Cl2N2O. The first-order valence-electron chi connectivity index (χ1n) is 7.95. The fraction of sp³-hybridized carbons (Fsp3) is 0.316. The lowest BCUT2D eigenvalue weighted by atomic mass is 10.1. The maximum Gasteiger partial charge on any atom is 0.146 e. The number of ether oxygens (including phenoxy) is 1. The Bertz CT molecular complexity index is 744. The highest BCUT2D eigenvalue weighted by Crippen LogP contribution is 2.36. The summed E-state index contributed by atoms with van der Waals surface area (Å²) in [6, 6.07) is 9.35. The number of hydrogen-bond donors (Lipinski definition) is 0. The van der Waals surface area contributed by atoms with Gasteiger partial charge in [0.1, 0.15) is 11.5 Å². The third kappa shape index (κ3) is 4.65. The van der Waals surface area contributed by atoms with Gasteiger partial charge in [-0.2, -0.15) is 0 Å². The minimum absolute atomic E-state index is 0.528. The summed E-state index contributed by atoms with van der Waals surface area (Å²) in [5, 5.41) is 1.27. The maximum absolute atomic E-state index is 6.37. The molecule has 2 aromatic carbocycles. The molecule has 0 N–H and O–H groups in total. The topological polar surface area (TPSA) is 24.8 Å². The molecule has 128 valence electrons. The largest absolute Gasteiger partial charge is 0.456 e. The van der Waals surface area contributed by atoms with E-state index in [0.717, 1.165) is 40.6 Å². The van der Waals surface area contributed by atoms with Crippen LogP contribution in [0.2, 0.25) is 10.0 Å². The standard InChI is InChI=1S/C19H22Cl2N2O/c1-5-14-10-15(7-8-16(14)20)24-19-9-13(3)18(11-17(19)21)22-12-23(4)6-2/h7-12H,5-6H2,1-4H3. The number of rotatable bonds is 6. The van der Waals surface area contributed by atoms with E-state index in [0.29, 0.717) is 10.8 Å². The highest BCUT2D eigenvalue weighted by atomic mass is 35.5. The molecule has 0 aliphatic rings. The van der Waals surface area contributed by atoms with Gasteiger partial charge in [-0.25, -0.2) is 4.99 Å². The minimum atomic E-state index is 0.528. The molecule has 0 saturated carbocycles. The smallest absolute Gasteiger partial charge is 0.146 e. The van der Waals surface area contributed by atoms with Crippen LogP contribution in [0.3, 0.4) is 0 Å². The molecule has 5 heteroatoms. The van der Waals surface area contributed by atoms with Crippen LogP contribution in [0.5, 0.6) is 11.5 Å². The third-order valence-corrected chi connectivity index (χ3v) is 4.43. The summed E-state index contributed by atoms with van der Waals surface area (Å²) in [6.45, 7) is 7.01. The molecule has 0 amide bonds. The average Bonchev–Trinajstić information content (AvgIpc) is 2.57. The van der Waals surface area contributed by atoms with Crippen molar-refractivity contribution in [1.29, 1.82) is 0 Å². The normalized spacial score (nSPS) is 11.1. The van der Waals surface area contributed by atoms with Crippen LogP contribution in [-0.4, -0.2) is 24.8 Å². The zero-order valence-electron chi connectivity index (χ0n) is 14.4. The van der Waals surface area contributed by atoms with Crippen LogP contribution in [-0.2, 0) is 6.42 Å².